The molecule has 0 aliphatic rings. The van der Waals surface area contributed by atoms with Gasteiger partial charge < -0.3 is 25.6 Å². The van der Waals surface area contributed by atoms with Gasteiger partial charge in [0.05, 0.1) is 16.9 Å². The highest BCUT2D eigenvalue weighted by Gasteiger charge is 2.16. The number of nitrogens with zero attached hydrogens (tertiary/aromatic N) is 2. The molecule has 11 nitrogen and oxygen atoms in total. The molecule has 2 amide bonds. The largest absolute Gasteiger partial charge is 0.508 e. The number of carbonyl (C=O) groups excluding carboxylic acids is 3. The third-order valence-electron chi connectivity index (χ3n) is 6.72. The minimum absolute atomic E-state index is 0.00240. The van der Waals surface area contributed by atoms with E-state index in [0.29, 0.717) is 68.3 Å². The number of aromatic nitrogens is 2. The Morgan fingerprint density at radius 2 is 1.65 bits per heavy atom. The van der Waals surface area contributed by atoms with Crippen LogP contribution in [-0.2, 0) is 16.1 Å². The predicted molar refractivity (Wildman–Crippen MR) is 152 cm³/mol. The fraction of sp³-hybridized carbons (Fsp3) is 0.414. The van der Waals surface area contributed by atoms with Crippen LogP contribution in [-0.4, -0.2) is 69.4 Å². The quantitative estimate of drug-likeness (QED) is 0.210. The second-order valence-electron chi connectivity index (χ2n) is 9.71. The normalized spacial score (nSPS) is 11.8. The fourth-order valence-electron chi connectivity index (χ4n) is 4.47. The van der Waals surface area contributed by atoms with Gasteiger partial charge in [0.15, 0.2) is 0 Å². The summed E-state index contributed by atoms with van der Waals surface area (Å²) in [6.45, 7) is 4.97. The van der Waals surface area contributed by atoms with Crippen LogP contribution in [0.1, 0.15) is 49.9 Å². The van der Waals surface area contributed by atoms with Gasteiger partial charge in [0.1, 0.15) is 11.5 Å². The van der Waals surface area contributed by atoms with E-state index in [4.69, 9.17) is 0 Å². The van der Waals surface area contributed by atoms with E-state index in [-0.39, 0.29) is 41.5 Å². The maximum Gasteiger partial charge on any atom is 0.328 e. The molecule has 1 heterocycles. The molecule has 11 heteroatoms. The Balaban J connectivity index is 1.40. The van der Waals surface area contributed by atoms with E-state index in [1.54, 1.807) is 41.3 Å². The molecule has 0 saturated carbocycles. The number of H-pyrrole nitrogens is 1. The minimum atomic E-state index is -0.478. The number of hydrogen-bond donors (Lipinski definition) is 4. The first-order chi connectivity index (χ1) is 19.2. The summed E-state index contributed by atoms with van der Waals surface area (Å²) in [5.74, 6) is -0.256. The molecular weight excluding hydrogens is 514 g/mol. The van der Waals surface area contributed by atoms with Gasteiger partial charge in [-0.25, -0.2) is 4.79 Å². The van der Waals surface area contributed by atoms with E-state index in [1.165, 1.54) is 26.0 Å². The van der Waals surface area contributed by atoms with Crippen LogP contribution in [0.3, 0.4) is 0 Å². The Labute approximate surface area is 232 Å². The molecule has 1 atom stereocenters. The molecule has 0 fully saturated rings. The molecule has 40 heavy (non-hydrogen) atoms. The summed E-state index contributed by atoms with van der Waals surface area (Å²) in [6, 6.07) is 12.5. The van der Waals surface area contributed by atoms with Crippen molar-refractivity contribution in [1.82, 2.24) is 25.1 Å². The van der Waals surface area contributed by atoms with Crippen LogP contribution in [0.5, 0.6) is 5.75 Å². The number of benzene rings is 2. The second kappa shape index (κ2) is 14.8. The van der Waals surface area contributed by atoms with Gasteiger partial charge in [0, 0.05) is 38.7 Å². The molecule has 0 radical (unpaired) electrons. The number of phenols is 1. The van der Waals surface area contributed by atoms with E-state index in [9.17, 15) is 29.1 Å². The molecular formula is C29H37N5O6. The number of carbonyl (C=O) groups is 3. The lowest BCUT2D eigenvalue weighted by molar-refractivity contribution is -0.129. The molecule has 0 spiro atoms. The van der Waals surface area contributed by atoms with Crippen LogP contribution in [0.2, 0.25) is 0 Å². The summed E-state index contributed by atoms with van der Waals surface area (Å²) < 4.78 is 1.16. The summed E-state index contributed by atoms with van der Waals surface area (Å²) in [7, 11) is 0. The van der Waals surface area contributed by atoms with Gasteiger partial charge in [-0.1, -0.05) is 12.1 Å². The van der Waals surface area contributed by atoms with E-state index in [1.807, 2.05) is 0 Å². The van der Waals surface area contributed by atoms with Gasteiger partial charge >= 0.3 is 5.69 Å². The lowest BCUT2D eigenvalue weighted by Gasteiger charge is -2.23. The van der Waals surface area contributed by atoms with Crippen LogP contribution in [0, 0.1) is 0 Å². The molecule has 0 aliphatic heterocycles. The number of para-hydroxylation sites is 1. The molecule has 3 aromatic rings. The summed E-state index contributed by atoms with van der Waals surface area (Å²) in [6.07, 6.45) is 2.21. The highest BCUT2D eigenvalue weighted by atomic mass is 16.3. The van der Waals surface area contributed by atoms with Crippen LogP contribution >= 0.6 is 0 Å². The number of nitrogens with one attached hydrogen (secondary N) is 3. The number of ketones is 1. The van der Waals surface area contributed by atoms with Crippen LogP contribution < -0.4 is 21.9 Å². The fourth-order valence-corrected chi connectivity index (χ4v) is 4.47. The van der Waals surface area contributed by atoms with Gasteiger partial charge in [-0.15, -0.1) is 0 Å². The van der Waals surface area contributed by atoms with Crippen LogP contribution in [0.15, 0.2) is 58.1 Å². The van der Waals surface area contributed by atoms with E-state index >= 15 is 0 Å². The lowest BCUT2D eigenvalue weighted by Crippen LogP contribution is -2.39. The minimum Gasteiger partial charge on any atom is -0.508 e. The van der Waals surface area contributed by atoms with Crippen molar-refractivity contribution in [3.8, 4) is 5.75 Å². The van der Waals surface area contributed by atoms with Crippen molar-refractivity contribution < 1.29 is 19.5 Å². The molecule has 4 N–H and O–H groups in total. The number of phenolic OH excluding ortho intramolecular Hbond substituents is 1. The standard InChI is InChI=1S/C29H37N5O6/c1-20(35)25(30-15-6-16-31-27(38)22-11-13-23(37)14-12-22)10-5-17-33(21(2)36)18-7-19-34-28(39)24-8-3-4-9-26(24)32-29(34)40/h3-4,8-9,11-14,25,30,37H,5-7,10,15-19H2,1-2H3,(H,31,38)(H,32,40). The number of fused-ring (bicyclic) bond motifs is 1. The maximum absolute atomic E-state index is 12.7. The first-order valence-corrected chi connectivity index (χ1v) is 13.5. The number of aromatic amines is 1. The van der Waals surface area contributed by atoms with Crippen molar-refractivity contribution in [2.75, 3.05) is 26.2 Å². The molecule has 1 unspecified atom stereocenters. The topological polar surface area (TPSA) is 154 Å². The summed E-state index contributed by atoms with van der Waals surface area (Å²) in [4.78, 5) is 65.9. The molecule has 3 rings (SSSR count). The van der Waals surface area contributed by atoms with Crippen molar-refractivity contribution in [1.29, 1.82) is 0 Å². The number of hydrogen-bond acceptors (Lipinski definition) is 7. The maximum atomic E-state index is 12.7. The molecule has 0 saturated heterocycles. The van der Waals surface area contributed by atoms with Gasteiger partial charge in [0.25, 0.3) is 11.5 Å². The van der Waals surface area contributed by atoms with Gasteiger partial charge in [-0.05, 0) is 75.5 Å². The van der Waals surface area contributed by atoms with Crippen molar-refractivity contribution in [2.24, 2.45) is 0 Å². The first kappa shape index (κ1) is 30.3. The van der Waals surface area contributed by atoms with Crippen LogP contribution in [0.25, 0.3) is 10.9 Å². The number of amides is 2. The van der Waals surface area contributed by atoms with Crippen molar-refractivity contribution in [3.63, 3.8) is 0 Å². The highest BCUT2D eigenvalue weighted by molar-refractivity contribution is 5.94. The Hall–Kier alpha value is -4.25. The predicted octanol–water partition coefficient (Wildman–Crippen LogP) is 1.78. The SMILES string of the molecule is CC(=O)C(CCCN(CCCn1c(=O)[nH]c2ccccc2c1=O)C(C)=O)NCCCNC(=O)c1ccc(O)cc1. The Morgan fingerprint density at radius 3 is 2.35 bits per heavy atom. The lowest BCUT2D eigenvalue weighted by atomic mass is 10.1. The number of Topliss-reactive ketones (excluding diaryl/α,β-unsaturated/α-hetero) is 1. The Kier molecular flexibility index (Phi) is 11.2. The van der Waals surface area contributed by atoms with Gasteiger partial charge in [0.2, 0.25) is 5.91 Å². The smallest absolute Gasteiger partial charge is 0.328 e. The van der Waals surface area contributed by atoms with Crippen LogP contribution in [0.4, 0.5) is 0 Å². The zero-order chi connectivity index (χ0) is 29.1. The third kappa shape index (κ3) is 8.63. The average Bonchev–Trinajstić information content (AvgIpc) is 2.92. The molecule has 2 aromatic carbocycles. The highest BCUT2D eigenvalue weighted by Crippen LogP contribution is 2.09. The van der Waals surface area contributed by atoms with Gasteiger partial charge in [-0.2, -0.15) is 0 Å². The average molecular weight is 552 g/mol. The summed E-state index contributed by atoms with van der Waals surface area (Å²) >= 11 is 0. The first-order valence-electron chi connectivity index (χ1n) is 13.5. The second-order valence-corrected chi connectivity index (χ2v) is 9.71. The monoisotopic (exact) mass is 551 g/mol. The van der Waals surface area contributed by atoms with E-state index in [2.05, 4.69) is 15.6 Å². The molecule has 1 aromatic heterocycles. The number of rotatable bonds is 15. The van der Waals surface area contributed by atoms with E-state index in [0.717, 1.165) is 4.57 Å². The zero-order valence-corrected chi connectivity index (χ0v) is 22.9. The Morgan fingerprint density at radius 1 is 0.950 bits per heavy atom. The third-order valence-corrected chi connectivity index (χ3v) is 6.72. The van der Waals surface area contributed by atoms with Crippen molar-refractivity contribution in [2.45, 2.75) is 52.1 Å². The molecule has 0 bridgehead atoms. The number of aromatic hydroxyl groups is 1. The zero-order valence-electron chi connectivity index (χ0n) is 22.9. The molecule has 214 valence electrons. The summed E-state index contributed by atoms with van der Waals surface area (Å²) in [5.41, 5.74) is 0.113. The summed E-state index contributed by atoms with van der Waals surface area (Å²) in [5, 5.41) is 15.8. The van der Waals surface area contributed by atoms with Crippen molar-refractivity contribution in [3.05, 3.63) is 74.9 Å². The van der Waals surface area contributed by atoms with Gasteiger partial charge in [-0.3, -0.25) is 23.7 Å². The van der Waals surface area contributed by atoms with E-state index < -0.39 is 5.69 Å². The molecule has 0 aliphatic carbocycles. The Bertz CT molecular complexity index is 1430. The van der Waals surface area contributed by atoms with Crippen molar-refractivity contribution >= 4 is 28.5 Å².